The Morgan fingerprint density at radius 1 is 0.857 bits per heavy atom. The number of hydrogen-bond donors (Lipinski definition) is 0. The van der Waals surface area contributed by atoms with Crippen LogP contribution in [0.4, 0.5) is 0 Å². The van der Waals surface area contributed by atoms with E-state index in [9.17, 15) is 0 Å². The van der Waals surface area contributed by atoms with Crippen LogP contribution in [-0.2, 0) is 15.6 Å². The summed E-state index contributed by atoms with van der Waals surface area (Å²) >= 11 is 0. The molecule has 0 heterocycles. The van der Waals surface area contributed by atoms with Gasteiger partial charge >= 0.3 is 0 Å². The van der Waals surface area contributed by atoms with Crippen LogP contribution in [0.3, 0.4) is 0 Å². The van der Waals surface area contributed by atoms with Gasteiger partial charge in [0.15, 0.2) is 6.79 Å². The largest absolute Gasteiger partial charge is 0.467 e. The van der Waals surface area contributed by atoms with Crippen molar-refractivity contribution in [3.8, 4) is 5.75 Å². The van der Waals surface area contributed by atoms with E-state index in [0.717, 1.165) is 5.75 Å². The summed E-state index contributed by atoms with van der Waals surface area (Å²) in [4.78, 5) is 0. The van der Waals surface area contributed by atoms with Crippen LogP contribution >= 0.6 is 0 Å². The molecule has 4 rings (SSSR count). The Morgan fingerprint density at radius 3 is 2.11 bits per heavy atom. The number of allylic oxidation sites excluding steroid dienone is 6. The van der Waals surface area contributed by atoms with E-state index >= 15 is 0 Å². The van der Waals surface area contributed by atoms with Crippen LogP contribution in [0.2, 0.25) is 0 Å². The average Bonchev–Trinajstić information content (AvgIpc) is 3.11. The molecule has 3 unspecified atom stereocenters. The van der Waals surface area contributed by atoms with Crippen molar-refractivity contribution in [3.63, 3.8) is 0 Å². The first-order valence-corrected chi connectivity index (χ1v) is 12.9. The molecule has 0 saturated carbocycles. The number of methoxy groups -OCH3 is 1. The van der Waals surface area contributed by atoms with Gasteiger partial charge in [0.1, 0.15) is 5.75 Å². The molecule has 2 heteroatoms. The number of fused-ring (bicyclic) bond motifs is 3. The molecular formula is C33H42O2. The third-order valence-electron chi connectivity index (χ3n) is 7.48. The molecule has 0 aliphatic heterocycles. The minimum atomic E-state index is -0.0740. The van der Waals surface area contributed by atoms with Gasteiger partial charge in [-0.05, 0) is 58.9 Å². The van der Waals surface area contributed by atoms with Crippen molar-refractivity contribution in [1.29, 1.82) is 0 Å². The third-order valence-corrected chi connectivity index (χ3v) is 7.48. The van der Waals surface area contributed by atoms with Gasteiger partial charge in [-0.2, -0.15) is 0 Å². The molecule has 2 aromatic carbocycles. The van der Waals surface area contributed by atoms with Crippen LogP contribution in [0.1, 0.15) is 95.0 Å². The zero-order valence-electron chi connectivity index (χ0n) is 23.0. The molecule has 0 radical (unpaired) electrons. The molecule has 2 nitrogen and oxygen atoms in total. The molecule has 0 amide bonds. The van der Waals surface area contributed by atoms with E-state index in [4.69, 9.17) is 9.47 Å². The highest BCUT2D eigenvalue weighted by Gasteiger charge is 2.42. The molecule has 0 fully saturated rings. The maximum atomic E-state index is 6.44. The van der Waals surface area contributed by atoms with Gasteiger partial charge in [-0.1, -0.05) is 102 Å². The fourth-order valence-corrected chi connectivity index (χ4v) is 5.75. The van der Waals surface area contributed by atoms with Crippen molar-refractivity contribution in [2.24, 2.45) is 5.92 Å². The van der Waals surface area contributed by atoms with Crippen molar-refractivity contribution in [2.75, 3.05) is 13.9 Å². The lowest BCUT2D eigenvalue weighted by Gasteiger charge is -2.33. The van der Waals surface area contributed by atoms with E-state index in [2.05, 4.69) is 116 Å². The standard InChI is InChI=1S/C33H42O2/c1-21(2)29(30-25-16-12-10-14-23(25)24-15-11-13-17-26(24)30)27-18-22(32(3,4)5)19-28(33(6,7)8)31(27)35-20-34-9/h10-19,23,25,30H,20H2,1-9H3. The topological polar surface area (TPSA) is 18.5 Å². The lowest BCUT2D eigenvalue weighted by atomic mass is 9.73. The van der Waals surface area contributed by atoms with Crippen molar-refractivity contribution in [1.82, 2.24) is 0 Å². The second-order valence-electron chi connectivity index (χ2n) is 12.3. The van der Waals surface area contributed by atoms with Crippen molar-refractivity contribution in [2.45, 2.75) is 78.1 Å². The Morgan fingerprint density at radius 2 is 1.51 bits per heavy atom. The van der Waals surface area contributed by atoms with E-state index in [1.54, 1.807) is 7.11 Å². The molecular weight excluding hydrogens is 428 g/mol. The average molecular weight is 471 g/mol. The summed E-state index contributed by atoms with van der Waals surface area (Å²) in [5, 5.41) is 0. The fourth-order valence-electron chi connectivity index (χ4n) is 5.75. The van der Waals surface area contributed by atoms with E-state index in [1.165, 1.54) is 39.0 Å². The fraction of sp³-hybridized carbons (Fsp3) is 0.455. The highest BCUT2D eigenvalue weighted by atomic mass is 16.7. The molecule has 2 aliphatic carbocycles. The van der Waals surface area contributed by atoms with Gasteiger partial charge in [0.2, 0.25) is 0 Å². The second-order valence-corrected chi connectivity index (χ2v) is 12.3. The Hall–Kier alpha value is -2.58. The molecule has 186 valence electrons. The lowest BCUT2D eigenvalue weighted by Crippen LogP contribution is -2.21. The predicted molar refractivity (Wildman–Crippen MR) is 148 cm³/mol. The molecule has 2 aliphatic rings. The Kier molecular flexibility index (Phi) is 6.90. The van der Waals surface area contributed by atoms with Gasteiger partial charge < -0.3 is 9.47 Å². The molecule has 35 heavy (non-hydrogen) atoms. The van der Waals surface area contributed by atoms with Crippen LogP contribution in [0, 0.1) is 5.92 Å². The smallest absolute Gasteiger partial charge is 0.188 e. The lowest BCUT2D eigenvalue weighted by molar-refractivity contribution is 0.0495. The van der Waals surface area contributed by atoms with Gasteiger partial charge in [0.05, 0.1) is 0 Å². The summed E-state index contributed by atoms with van der Waals surface area (Å²) in [6.07, 6.45) is 9.21. The van der Waals surface area contributed by atoms with Crippen molar-refractivity contribution in [3.05, 3.63) is 94.1 Å². The first kappa shape index (κ1) is 25.5. The van der Waals surface area contributed by atoms with Crippen LogP contribution in [0.5, 0.6) is 5.75 Å². The van der Waals surface area contributed by atoms with E-state index in [0.29, 0.717) is 11.8 Å². The SMILES string of the molecule is COCOc1c(C(=C(C)C)C2c3ccccc3C3C=CC=CC32)cc(C(C)(C)C)cc1C(C)(C)C. The zero-order chi connectivity index (χ0) is 25.5. The summed E-state index contributed by atoms with van der Waals surface area (Å²) in [6.45, 7) is 18.5. The summed E-state index contributed by atoms with van der Waals surface area (Å²) in [7, 11) is 1.69. The molecule has 0 spiro atoms. The molecule has 3 atom stereocenters. The predicted octanol–water partition coefficient (Wildman–Crippen LogP) is 8.68. The molecule has 0 bridgehead atoms. The zero-order valence-corrected chi connectivity index (χ0v) is 23.0. The highest BCUT2D eigenvalue weighted by Crippen LogP contribution is 2.57. The van der Waals surface area contributed by atoms with Crippen LogP contribution in [-0.4, -0.2) is 13.9 Å². The first-order valence-electron chi connectivity index (χ1n) is 12.9. The summed E-state index contributed by atoms with van der Waals surface area (Å²) in [5.41, 5.74) is 9.33. The summed E-state index contributed by atoms with van der Waals surface area (Å²) in [5.74, 6) is 2.04. The maximum absolute atomic E-state index is 6.44. The number of rotatable bonds is 5. The van der Waals surface area contributed by atoms with Gasteiger partial charge in [0.25, 0.3) is 0 Å². The van der Waals surface area contributed by atoms with E-state index in [-0.39, 0.29) is 23.5 Å². The number of benzene rings is 2. The Balaban J connectivity index is 2.03. The molecule has 0 aromatic heterocycles. The Labute approximate surface area is 212 Å². The second kappa shape index (κ2) is 9.47. The van der Waals surface area contributed by atoms with Crippen LogP contribution < -0.4 is 4.74 Å². The summed E-state index contributed by atoms with van der Waals surface area (Å²) in [6, 6.07) is 13.8. The third kappa shape index (κ3) is 4.78. The van der Waals surface area contributed by atoms with Crippen LogP contribution in [0.15, 0.2) is 66.3 Å². The number of ether oxygens (including phenoxy) is 2. The Bertz CT molecular complexity index is 1180. The van der Waals surface area contributed by atoms with E-state index in [1.807, 2.05) is 0 Å². The molecule has 0 N–H and O–H groups in total. The van der Waals surface area contributed by atoms with Gasteiger partial charge in [-0.3, -0.25) is 0 Å². The van der Waals surface area contributed by atoms with Gasteiger partial charge in [-0.15, -0.1) is 0 Å². The van der Waals surface area contributed by atoms with E-state index < -0.39 is 0 Å². The van der Waals surface area contributed by atoms with Gasteiger partial charge in [0, 0.05) is 30.1 Å². The van der Waals surface area contributed by atoms with Crippen molar-refractivity contribution < 1.29 is 9.47 Å². The minimum Gasteiger partial charge on any atom is -0.467 e. The molecule has 0 saturated heterocycles. The summed E-state index contributed by atoms with van der Waals surface area (Å²) < 4.78 is 11.9. The minimum absolute atomic E-state index is 0.0187. The molecule has 2 aromatic rings. The number of hydrogen-bond acceptors (Lipinski definition) is 2. The van der Waals surface area contributed by atoms with Gasteiger partial charge in [-0.25, -0.2) is 0 Å². The monoisotopic (exact) mass is 470 g/mol. The van der Waals surface area contributed by atoms with Crippen molar-refractivity contribution >= 4 is 5.57 Å². The van der Waals surface area contributed by atoms with Crippen LogP contribution in [0.25, 0.3) is 5.57 Å². The quantitative estimate of drug-likeness (QED) is 0.407. The highest BCUT2D eigenvalue weighted by molar-refractivity contribution is 5.82. The first-order chi connectivity index (χ1) is 16.4. The maximum Gasteiger partial charge on any atom is 0.188 e. The normalized spacial score (nSPS) is 21.0.